The van der Waals surface area contributed by atoms with E-state index in [2.05, 4.69) is 5.32 Å². The van der Waals surface area contributed by atoms with E-state index in [1.54, 1.807) is 6.07 Å². The number of aliphatic hydroxyl groups excluding tert-OH is 1. The minimum absolute atomic E-state index is 0.0106. The van der Waals surface area contributed by atoms with Crippen LogP contribution in [-0.4, -0.2) is 17.8 Å². The molecule has 94 valence electrons. The molecule has 2 N–H and O–H groups in total. The van der Waals surface area contributed by atoms with E-state index in [1.807, 2.05) is 6.92 Å². The molecule has 2 unspecified atom stereocenters. The maximum Gasteiger partial charge on any atom is 0.124 e. The van der Waals surface area contributed by atoms with Gasteiger partial charge in [0.1, 0.15) is 5.82 Å². The lowest BCUT2D eigenvalue weighted by Gasteiger charge is -2.18. The number of rotatable bonds is 5. The highest BCUT2D eigenvalue weighted by atomic mass is 35.5. The van der Waals surface area contributed by atoms with Gasteiger partial charge in [-0.2, -0.15) is 0 Å². The van der Waals surface area contributed by atoms with Crippen LogP contribution in [-0.2, 0) is 0 Å². The molecule has 1 aliphatic rings. The van der Waals surface area contributed by atoms with E-state index in [4.69, 9.17) is 11.6 Å². The van der Waals surface area contributed by atoms with E-state index >= 15 is 0 Å². The van der Waals surface area contributed by atoms with Gasteiger partial charge in [0.15, 0.2) is 0 Å². The maximum atomic E-state index is 12.9. The Hall–Kier alpha value is -0.640. The molecule has 0 saturated heterocycles. The summed E-state index contributed by atoms with van der Waals surface area (Å²) in [5.41, 5.74) is 0.857. The first-order valence-electron chi connectivity index (χ1n) is 5.94. The van der Waals surface area contributed by atoms with Crippen LogP contribution in [0.2, 0.25) is 5.02 Å². The van der Waals surface area contributed by atoms with Crippen molar-refractivity contribution in [1.29, 1.82) is 0 Å². The topological polar surface area (TPSA) is 32.3 Å². The van der Waals surface area contributed by atoms with Crippen molar-refractivity contribution >= 4 is 11.6 Å². The second-order valence-corrected chi connectivity index (χ2v) is 5.11. The van der Waals surface area contributed by atoms with Crippen molar-refractivity contribution < 1.29 is 9.50 Å². The van der Waals surface area contributed by atoms with Gasteiger partial charge in [0.2, 0.25) is 0 Å². The number of hydrogen-bond acceptors (Lipinski definition) is 2. The summed E-state index contributed by atoms with van der Waals surface area (Å²) in [4.78, 5) is 0. The highest BCUT2D eigenvalue weighted by molar-refractivity contribution is 6.31. The van der Waals surface area contributed by atoms with Gasteiger partial charge in [0.05, 0.1) is 6.10 Å². The predicted molar refractivity (Wildman–Crippen MR) is 66.6 cm³/mol. The monoisotopic (exact) mass is 257 g/mol. The highest BCUT2D eigenvalue weighted by Gasteiger charge is 2.29. The fourth-order valence-electron chi connectivity index (χ4n) is 1.91. The molecule has 0 radical (unpaired) electrons. The van der Waals surface area contributed by atoms with Crippen LogP contribution in [0.5, 0.6) is 0 Å². The molecule has 1 fully saturated rings. The Bertz CT molecular complexity index is 395. The zero-order valence-electron chi connectivity index (χ0n) is 9.79. The molecule has 4 heteroatoms. The average molecular weight is 258 g/mol. The average Bonchev–Trinajstić information content (AvgIpc) is 3.09. The van der Waals surface area contributed by atoms with Crippen molar-refractivity contribution in [3.8, 4) is 0 Å². The molecular formula is C13H17ClFNO. The second kappa shape index (κ2) is 5.34. The van der Waals surface area contributed by atoms with Crippen LogP contribution in [0.1, 0.15) is 31.4 Å². The first-order chi connectivity index (χ1) is 8.08. The lowest BCUT2D eigenvalue weighted by atomic mass is 10.1. The van der Waals surface area contributed by atoms with Gasteiger partial charge in [-0.15, -0.1) is 0 Å². The molecule has 0 amide bonds. The van der Waals surface area contributed by atoms with Crippen LogP contribution in [0.25, 0.3) is 0 Å². The van der Waals surface area contributed by atoms with Crippen molar-refractivity contribution in [2.24, 2.45) is 5.92 Å². The van der Waals surface area contributed by atoms with Crippen molar-refractivity contribution in [2.75, 3.05) is 6.54 Å². The summed E-state index contributed by atoms with van der Waals surface area (Å²) in [6.07, 6.45) is 1.96. The lowest BCUT2D eigenvalue weighted by Crippen LogP contribution is -2.30. The van der Waals surface area contributed by atoms with Crippen LogP contribution in [0.3, 0.4) is 0 Å². The van der Waals surface area contributed by atoms with Crippen LogP contribution in [0.15, 0.2) is 18.2 Å². The number of hydrogen-bond donors (Lipinski definition) is 2. The van der Waals surface area contributed by atoms with Gasteiger partial charge >= 0.3 is 0 Å². The van der Waals surface area contributed by atoms with Crippen LogP contribution in [0, 0.1) is 11.7 Å². The zero-order valence-corrected chi connectivity index (χ0v) is 10.5. The Morgan fingerprint density at radius 3 is 2.82 bits per heavy atom. The molecule has 0 bridgehead atoms. The molecule has 0 spiro atoms. The van der Waals surface area contributed by atoms with Gasteiger partial charge in [0, 0.05) is 17.6 Å². The molecule has 0 heterocycles. The molecule has 1 aliphatic carbocycles. The Kier molecular flexibility index (Phi) is 4.02. The predicted octanol–water partition coefficient (Wildman–Crippen LogP) is 2.90. The van der Waals surface area contributed by atoms with Crippen LogP contribution in [0.4, 0.5) is 4.39 Å². The number of benzene rings is 1. The standard InChI is InChI=1S/C13H17ClFNO/c1-8(16-7-13(17)9-2-3-9)11-5-4-10(15)6-12(11)14/h4-6,8-9,13,16-17H,2-3,7H2,1H3. The zero-order chi connectivity index (χ0) is 12.4. The van der Waals surface area contributed by atoms with Crippen LogP contribution >= 0.6 is 11.6 Å². The molecule has 1 saturated carbocycles. The third kappa shape index (κ3) is 3.41. The Morgan fingerprint density at radius 1 is 1.53 bits per heavy atom. The van der Waals surface area contributed by atoms with Crippen LogP contribution < -0.4 is 5.32 Å². The van der Waals surface area contributed by atoms with E-state index in [-0.39, 0.29) is 18.0 Å². The van der Waals surface area contributed by atoms with E-state index in [0.717, 1.165) is 18.4 Å². The van der Waals surface area contributed by atoms with Gasteiger partial charge in [-0.1, -0.05) is 17.7 Å². The molecule has 2 rings (SSSR count). The van der Waals surface area contributed by atoms with Gasteiger partial charge in [-0.3, -0.25) is 0 Å². The SMILES string of the molecule is CC(NCC(O)C1CC1)c1ccc(F)cc1Cl. The van der Waals surface area contributed by atoms with Crippen molar-refractivity contribution in [2.45, 2.75) is 31.9 Å². The number of aliphatic hydroxyl groups is 1. The summed E-state index contributed by atoms with van der Waals surface area (Å²) >= 11 is 5.97. The minimum Gasteiger partial charge on any atom is -0.392 e. The molecule has 1 aromatic carbocycles. The van der Waals surface area contributed by atoms with Crippen molar-refractivity contribution in [1.82, 2.24) is 5.32 Å². The van der Waals surface area contributed by atoms with Gasteiger partial charge in [-0.05, 0) is 43.4 Å². The largest absolute Gasteiger partial charge is 0.392 e. The van der Waals surface area contributed by atoms with E-state index < -0.39 is 0 Å². The van der Waals surface area contributed by atoms with E-state index in [0.29, 0.717) is 17.5 Å². The lowest BCUT2D eigenvalue weighted by molar-refractivity contribution is 0.145. The molecule has 17 heavy (non-hydrogen) atoms. The first-order valence-corrected chi connectivity index (χ1v) is 6.32. The van der Waals surface area contributed by atoms with Crippen molar-refractivity contribution in [3.63, 3.8) is 0 Å². The minimum atomic E-state index is -0.330. The molecule has 0 aliphatic heterocycles. The summed E-state index contributed by atoms with van der Waals surface area (Å²) < 4.78 is 12.9. The fourth-order valence-corrected chi connectivity index (χ4v) is 2.24. The molecular weight excluding hydrogens is 241 g/mol. The smallest absolute Gasteiger partial charge is 0.124 e. The fraction of sp³-hybridized carbons (Fsp3) is 0.538. The van der Waals surface area contributed by atoms with Gasteiger partial charge < -0.3 is 10.4 Å². The van der Waals surface area contributed by atoms with Crippen molar-refractivity contribution in [3.05, 3.63) is 34.6 Å². The Morgan fingerprint density at radius 2 is 2.24 bits per heavy atom. The first kappa shape index (κ1) is 12.8. The van der Waals surface area contributed by atoms with E-state index in [9.17, 15) is 9.50 Å². The maximum absolute atomic E-state index is 12.9. The quantitative estimate of drug-likeness (QED) is 0.850. The summed E-state index contributed by atoms with van der Waals surface area (Å²) in [6.45, 7) is 2.51. The third-order valence-electron chi connectivity index (χ3n) is 3.23. The second-order valence-electron chi connectivity index (χ2n) is 4.70. The molecule has 2 atom stereocenters. The third-order valence-corrected chi connectivity index (χ3v) is 3.56. The Balaban J connectivity index is 1.91. The molecule has 2 nitrogen and oxygen atoms in total. The normalized spacial score (nSPS) is 19.1. The molecule has 0 aromatic heterocycles. The molecule has 1 aromatic rings. The summed E-state index contributed by atoms with van der Waals surface area (Å²) in [5.74, 6) is 0.127. The van der Waals surface area contributed by atoms with Gasteiger partial charge in [0.25, 0.3) is 0 Å². The van der Waals surface area contributed by atoms with E-state index in [1.165, 1.54) is 12.1 Å². The highest BCUT2D eigenvalue weighted by Crippen LogP contribution is 2.32. The van der Waals surface area contributed by atoms with Gasteiger partial charge in [-0.25, -0.2) is 4.39 Å². The number of nitrogens with one attached hydrogen (secondary N) is 1. The number of halogens is 2. The summed E-state index contributed by atoms with van der Waals surface area (Å²) in [5, 5.41) is 13.4. The Labute approximate surface area is 106 Å². The summed E-state index contributed by atoms with van der Waals surface area (Å²) in [6, 6.07) is 4.40. The summed E-state index contributed by atoms with van der Waals surface area (Å²) in [7, 11) is 0.